The first kappa shape index (κ1) is 89.9. The molecule has 0 bridgehead atoms. The highest BCUT2D eigenvalue weighted by Gasteiger charge is 2.37. The molecular formula is C115H122N15Si+5. The van der Waals surface area contributed by atoms with E-state index in [0.717, 1.165) is 34.2 Å². The van der Waals surface area contributed by atoms with E-state index in [1.165, 1.54) is 173 Å². The lowest BCUT2D eigenvalue weighted by atomic mass is 9.92. The van der Waals surface area contributed by atoms with Gasteiger partial charge in [0, 0.05) is 78.7 Å². The Morgan fingerprint density at radius 2 is 0.473 bits per heavy atom. The van der Waals surface area contributed by atoms with Gasteiger partial charge in [-0.25, -0.2) is 22.8 Å². The molecule has 0 aliphatic heterocycles. The lowest BCUT2D eigenvalue weighted by molar-refractivity contribution is -0.634. The molecule has 0 radical (unpaired) electrons. The van der Waals surface area contributed by atoms with E-state index in [1.54, 1.807) is 0 Å². The van der Waals surface area contributed by atoms with Crippen LogP contribution in [0, 0.1) is 55.4 Å². The van der Waals surface area contributed by atoms with Gasteiger partial charge in [0.1, 0.15) is 28.4 Å². The Morgan fingerprint density at radius 1 is 0.229 bits per heavy atom. The molecule has 0 spiro atoms. The van der Waals surface area contributed by atoms with Crippen LogP contribution in [-0.4, -0.2) is 55.8 Å². The molecule has 16 heteroatoms. The van der Waals surface area contributed by atoms with Gasteiger partial charge in [0.25, 0.3) is 29.1 Å². The Labute approximate surface area is 773 Å². The van der Waals surface area contributed by atoms with Gasteiger partial charge >= 0.3 is 0 Å². The summed E-state index contributed by atoms with van der Waals surface area (Å²) in [6.45, 7) is 38.1. The van der Waals surface area contributed by atoms with Crippen LogP contribution in [0.1, 0.15) is 120 Å². The maximum absolute atomic E-state index is 4.46. The molecule has 10 aromatic carbocycles. The highest BCUT2D eigenvalue weighted by molar-refractivity contribution is 6.89. The molecule has 15 nitrogen and oxygen atoms in total. The molecule has 10 heterocycles. The van der Waals surface area contributed by atoms with Gasteiger partial charge in [-0.1, -0.05) is 213 Å². The summed E-state index contributed by atoms with van der Waals surface area (Å²) >= 11 is 0. The number of fused-ring (bicyclic) bond motifs is 5. The zero-order valence-electron chi connectivity index (χ0n) is 80.0. The maximum atomic E-state index is 4.46. The van der Waals surface area contributed by atoms with Gasteiger partial charge in [-0.2, -0.15) is 22.8 Å². The molecule has 0 unspecified atom stereocenters. The van der Waals surface area contributed by atoms with Crippen LogP contribution >= 0.6 is 0 Å². The van der Waals surface area contributed by atoms with Crippen molar-refractivity contribution in [3.8, 4) is 85.4 Å². The zero-order chi connectivity index (χ0) is 92.4. The number of rotatable bonds is 14. The van der Waals surface area contributed by atoms with Gasteiger partial charge in [0.15, 0.2) is 55.2 Å². The number of hydrogen-bond acceptors (Lipinski definition) is 5. The molecule has 656 valence electrons. The van der Waals surface area contributed by atoms with Gasteiger partial charge in [0.2, 0.25) is 0 Å². The Balaban J connectivity index is 0.000000120. The van der Waals surface area contributed by atoms with Crippen molar-refractivity contribution in [1.29, 1.82) is 0 Å². The van der Waals surface area contributed by atoms with Crippen LogP contribution in [0.3, 0.4) is 0 Å². The van der Waals surface area contributed by atoms with Crippen molar-refractivity contribution in [3.05, 3.63) is 384 Å². The third-order valence-electron chi connectivity index (χ3n) is 25.8. The standard InChI is InChI=1S/C26H30N3.C23H26N3Si.C23H24N3.C22H22N3.C21H20N3/c1-17(2)20-10-9-11-21(18(3)4)25(20)29-24-13-8-7-12-23(24)28(6)26(29)22-16-27-15-14-19(22)5;1-17-14-15-24-16-18(17)23-25(2)19-10-6-7-11-20(19)26(23)21-12-8-9-13-22(21)27(3,4)5;1-16(2)18-9-5-6-10-20(18)26-22-12-8-7-11-21(22)25(4)23(26)19-15-24-14-13-17(19)3;1-15-12-13-23-14-18(15)22-24(4)19-10-5-6-11-20(19)25(22)21-16(2)8-7-9-17(21)3;1-15-12-13-22-14-17(15)21-23(3)19-10-6-7-11-20(19)24(21)18-9-5-4-8-16(18)2/h7-18H,1-6H3;6-16H,1-5H3;5-16H,1-4H3;5-14H,1-4H3;4-14H,1-3H3/q5*+1. The highest BCUT2D eigenvalue weighted by Crippen LogP contribution is 2.40. The van der Waals surface area contributed by atoms with E-state index in [2.05, 4.69) is 483 Å². The van der Waals surface area contributed by atoms with Crippen LogP contribution in [0.25, 0.3) is 141 Å². The van der Waals surface area contributed by atoms with E-state index >= 15 is 0 Å². The molecule has 0 aliphatic carbocycles. The number of pyridine rings is 5. The van der Waals surface area contributed by atoms with Gasteiger partial charge in [0.05, 0.1) is 71.1 Å². The fourth-order valence-corrected chi connectivity index (χ4v) is 20.5. The third kappa shape index (κ3) is 17.2. The Hall–Kier alpha value is -14.5. The Morgan fingerprint density at radius 3 is 0.802 bits per heavy atom. The minimum atomic E-state index is -1.52. The average molecular weight is 1740 g/mol. The summed E-state index contributed by atoms with van der Waals surface area (Å²) in [5.74, 6) is 7.11. The first-order valence-corrected chi connectivity index (χ1v) is 49.1. The van der Waals surface area contributed by atoms with E-state index in [-0.39, 0.29) is 0 Å². The summed E-state index contributed by atoms with van der Waals surface area (Å²) in [6.07, 6.45) is 19.2. The SMILES string of the molecule is Cc1ccncc1-c1n(-c2c(C(C)C)cccc2C(C)C)c2ccccc2[n+]1C.Cc1ccncc1-c1n(-c2c(C)cccc2C)c2ccccc2[n+]1C.Cc1ccncc1-c1n(-c2ccccc2C(C)C)c2ccccc2[n+]1C.Cc1ccncc1-c1n(-c2ccccc2C)c2ccccc2[n+]1C.Cc1ccncc1-c1n(-c2ccccc2[Si](C)(C)C)c2ccccc2[n+]1C. The number of hydrogen-bond donors (Lipinski definition) is 0. The molecule has 0 N–H and O–H groups in total. The van der Waals surface area contributed by atoms with Crippen molar-refractivity contribution in [2.75, 3.05) is 0 Å². The maximum Gasteiger partial charge on any atom is 0.296 e. The smallest absolute Gasteiger partial charge is 0.264 e. The first-order valence-electron chi connectivity index (χ1n) is 45.6. The summed E-state index contributed by atoms with van der Waals surface area (Å²) in [7, 11) is 9.18. The van der Waals surface area contributed by atoms with Crippen LogP contribution in [0.15, 0.2) is 323 Å². The monoisotopic (exact) mass is 1740 g/mol. The Kier molecular flexibility index (Phi) is 26.1. The minimum Gasteiger partial charge on any atom is -0.264 e. The van der Waals surface area contributed by atoms with E-state index in [9.17, 15) is 0 Å². The fraction of sp³-hybridized carbons (Fsp3) is 0.217. The molecule has 0 saturated heterocycles. The highest BCUT2D eigenvalue weighted by atomic mass is 28.3. The molecule has 0 saturated carbocycles. The Bertz CT molecular complexity index is 7580. The summed E-state index contributed by atoms with van der Waals surface area (Å²) in [4.78, 5) is 22.0. The second kappa shape index (κ2) is 38.1. The van der Waals surface area contributed by atoms with Crippen LogP contribution in [-0.2, 0) is 35.2 Å². The van der Waals surface area contributed by atoms with E-state index in [0.29, 0.717) is 17.8 Å². The van der Waals surface area contributed by atoms with Gasteiger partial charge < -0.3 is 0 Å². The van der Waals surface area contributed by atoms with Crippen molar-refractivity contribution in [1.82, 2.24) is 47.8 Å². The van der Waals surface area contributed by atoms with Gasteiger partial charge in [-0.3, -0.25) is 24.9 Å². The number of nitrogens with zero attached hydrogens (tertiary/aromatic N) is 15. The summed E-state index contributed by atoms with van der Waals surface area (Å²) in [5.41, 5.74) is 38.2. The predicted molar refractivity (Wildman–Crippen MR) is 542 cm³/mol. The number of imidazole rings is 5. The van der Waals surface area contributed by atoms with E-state index < -0.39 is 8.07 Å². The normalized spacial score (nSPS) is 11.5. The lowest BCUT2D eigenvalue weighted by Gasteiger charge is -2.19. The van der Waals surface area contributed by atoms with Gasteiger partial charge in [-0.05, 0) is 232 Å². The van der Waals surface area contributed by atoms with Crippen molar-refractivity contribution in [2.24, 2.45) is 35.2 Å². The predicted octanol–water partition coefficient (Wildman–Crippen LogP) is 24.0. The van der Waals surface area contributed by atoms with Crippen LogP contribution < -0.4 is 28.0 Å². The zero-order valence-corrected chi connectivity index (χ0v) is 81.0. The number of aryl methyl sites for hydroxylation is 13. The topological polar surface area (TPSA) is 108 Å². The largest absolute Gasteiger partial charge is 0.296 e. The molecule has 0 fully saturated rings. The quantitative estimate of drug-likeness (QED) is 0.0796. The minimum absolute atomic E-state index is 0.429. The molecule has 0 atom stereocenters. The summed E-state index contributed by atoms with van der Waals surface area (Å²) in [6, 6.07) is 92.7. The number of aromatic nitrogens is 15. The third-order valence-corrected chi connectivity index (χ3v) is 27.8. The molecule has 10 aromatic heterocycles. The lowest BCUT2D eigenvalue weighted by Crippen LogP contribution is -2.40. The fourth-order valence-electron chi connectivity index (χ4n) is 19.0. The molecule has 0 amide bonds. The number of benzene rings is 10. The van der Waals surface area contributed by atoms with Crippen molar-refractivity contribution < 1.29 is 22.8 Å². The summed E-state index contributed by atoms with van der Waals surface area (Å²) < 4.78 is 23.4. The molecule has 131 heavy (non-hydrogen) atoms. The van der Waals surface area contributed by atoms with Crippen molar-refractivity contribution >= 4 is 68.4 Å². The molecule has 20 aromatic rings. The molecular weight excluding hydrogens is 1620 g/mol. The average Bonchev–Trinajstić information content (AvgIpc) is 1.34. The van der Waals surface area contributed by atoms with Crippen molar-refractivity contribution in [2.45, 2.75) is 134 Å². The molecule has 20 rings (SSSR count). The molecule has 0 aliphatic rings. The van der Waals surface area contributed by atoms with Crippen molar-refractivity contribution in [3.63, 3.8) is 0 Å². The first-order chi connectivity index (χ1) is 63.2. The second-order valence-corrected chi connectivity index (χ2v) is 41.6. The van der Waals surface area contributed by atoms with Crippen LogP contribution in [0.2, 0.25) is 19.6 Å². The number of para-hydroxylation sites is 15. The van der Waals surface area contributed by atoms with Crippen LogP contribution in [0.5, 0.6) is 0 Å². The van der Waals surface area contributed by atoms with E-state index in [1.807, 2.05) is 62.0 Å². The van der Waals surface area contributed by atoms with E-state index in [4.69, 9.17) is 0 Å². The van der Waals surface area contributed by atoms with Gasteiger partial charge in [-0.15, -0.1) is 0 Å². The second-order valence-electron chi connectivity index (χ2n) is 36.6. The van der Waals surface area contributed by atoms with Crippen LogP contribution in [0.4, 0.5) is 0 Å². The summed E-state index contributed by atoms with van der Waals surface area (Å²) in [5, 5.41) is 1.47.